The summed E-state index contributed by atoms with van der Waals surface area (Å²) in [6, 6.07) is 4.01. The normalized spacial score (nSPS) is 21.1. The van der Waals surface area contributed by atoms with Crippen molar-refractivity contribution >= 4 is 5.65 Å². The molecule has 2 aromatic heterocycles. The van der Waals surface area contributed by atoms with Crippen molar-refractivity contribution in [3.63, 3.8) is 0 Å². The predicted octanol–water partition coefficient (Wildman–Crippen LogP) is 1.07. The van der Waals surface area contributed by atoms with Crippen LogP contribution in [0.15, 0.2) is 18.3 Å². The van der Waals surface area contributed by atoms with Crippen LogP contribution >= 0.6 is 0 Å². The first-order valence-electron chi connectivity index (χ1n) is 6.97. The molecule has 1 fully saturated rings. The van der Waals surface area contributed by atoms with E-state index in [-0.39, 0.29) is 0 Å². The molecule has 19 heavy (non-hydrogen) atoms. The standard InChI is InChI=1S/C14H21N5/c1-18-6-2-3-11(9-18)7-14-17-16-13-5-4-12(8-15)10-19(13)14/h4-5,10-11H,2-3,6-9,15H2,1H3. The molecule has 5 nitrogen and oxygen atoms in total. The summed E-state index contributed by atoms with van der Waals surface area (Å²) in [4.78, 5) is 2.41. The lowest BCUT2D eigenvalue weighted by atomic mass is 9.95. The highest BCUT2D eigenvalue weighted by atomic mass is 15.2. The number of likely N-dealkylation sites (tertiary alicyclic amines) is 1. The summed E-state index contributed by atoms with van der Waals surface area (Å²) >= 11 is 0. The average molecular weight is 259 g/mol. The average Bonchev–Trinajstić information content (AvgIpc) is 2.81. The van der Waals surface area contributed by atoms with Crippen molar-refractivity contribution in [3.05, 3.63) is 29.7 Å². The van der Waals surface area contributed by atoms with E-state index < -0.39 is 0 Å². The Kier molecular flexibility index (Phi) is 3.48. The first-order valence-corrected chi connectivity index (χ1v) is 6.97. The third-order valence-electron chi connectivity index (χ3n) is 3.96. The van der Waals surface area contributed by atoms with Crippen LogP contribution in [0.1, 0.15) is 24.2 Å². The molecule has 0 aromatic carbocycles. The van der Waals surface area contributed by atoms with Crippen LogP contribution in [0, 0.1) is 5.92 Å². The molecule has 3 heterocycles. The van der Waals surface area contributed by atoms with Crippen LogP contribution in [0.4, 0.5) is 0 Å². The van der Waals surface area contributed by atoms with Gasteiger partial charge in [-0.3, -0.25) is 4.40 Å². The van der Waals surface area contributed by atoms with Gasteiger partial charge in [0.2, 0.25) is 0 Å². The lowest BCUT2D eigenvalue weighted by molar-refractivity contribution is 0.207. The van der Waals surface area contributed by atoms with Gasteiger partial charge in [0, 0.05) is 25.7 Å². The number of fused-ring (bicyclic) bond motifs is 1. The molecule has 5 heteroatoms. The second-order valence-corrected chi connectivity index (χ2v) is 5.56. The van der Waals surface area contributed by atoms with Crippen LogP contribution in [0.25, 0.3) is 5.65 Å². The molecule has 2 N–H and O–H groups in total. The van der Waals surface area contributed by atoms with Gasteiger partial charge in [-0.2, -0.15) is 0 Å². The molecule has 3 rings (SSSR count). The molecular weight excluding hydrogens is 238 g/mol. The van der Waals surface area contributed by atoms with Crippen molar-refractivity contribution in [2.75, 3.05) is 20.1 Å². The maximum atomic E-state index is 5.70. The molecule has 0 radical (unpaired) electrons. The first kappa shape index (κ1) is 12.6. The van der Waals surface area contributed by atoms with Crippen molar-refractivity contribution in [1.82, 2.24) is 19.5 Å². The lowest BCUT2D eigenvalue weighted by Crippen LogP contribution is -2.33. The van der Waals surface area contributed by atoms with Gasteiger partial charge in [0.25, 0.3) is 0 Å². The van der Waals surface area contributed by atoms with Gasteiger partial charge in [0.15, 0.2) is 5.65 Å². The van der Waals surface area contributed by atoms with E-state index in [1.54, 1.807) is 0 Å². The van der Waals surface area contributed by atoms with Crippen molar-refractivity contribution in [1.29, 1.82) is 0 Å². The zero-order valence-electron chi connectivity index (χ0n) is 11.4. The summed E-state index contributed by atoms with van der Waals surface area (Å²) in [5.74, 6) is 1.75. The van der Waals surface area contributed by atoms with E-state index >= 15 is 0 Å². The Morgan fingerprint density at radius 2 is 2.26 bits per heavy atom. The van der Waals surface area contributed by atoms with Crippen LogP contribution in [0.2, 0.25) is 0 Å². The monoisotopic (exact) mass is 259 g/mol. The summed E-state index contributed by atoms with van der Waals surface area (Å²) < 4.78 is 2.09. The van der Waals surface area contributed by atoms with Gasteiger partial charge in [0.1, 0.15) is 5.82 Å². The fourth-order valence-electron chi connectivity index (χ4n) is 2.94. The predicted molar refractivity (Wildman–Crippen MR) is 74.8 cm³/mol. The van der Waals surface area contributed by atoms with Gasteiger partial charge in [0.05, 0.1) is 0 Å². The summed E-state index contributed by atoms with van der Waals surface area (Å²) in [7, 11) is 2.20. The fourth-order valence-corrected chi connectivity index (χ4v) is 2.94. The second kappa shape index (κ2) is 5.27. The molecule has 0 bridgehead atoms. The third kappa shape index (κ3) is 2.62. The summed E-state index contributed by atoms with van der Waals surface area (Å²) in [5, 5.41) is 8.58. The van der Waals surface area contributed by atoms with Gasteiger partial charge in [-0.05, 0) is 44.0 Å². The largest absolute Gasteiger partial charge is 0.326 e. The summed E-state index contributed by atoms with van der Waals surface area (Å²) in [6.07, 6.45) is 5.64. The van der Waals surface area contributed by atoms with E-state index in [0.29, 0.717) is 12.5 Å². The number of aromatic nitrogens is 3. The van der Waals surface area contributed by atoms with E-state index in [1.165, 1.54) is 19.4 Å². The van der Waals surface area contributed by atoms with Crippen LogP contribution in [0.3, 0.4) is 0 Å². The molecule has 0 aliphatic carbocycles. The molecule has 1 saturated heterocycles. The maximum absolute atomic E-state index is 5.70. The highest BCUT2D eigenvalue weighted by molar-refractivity contribution is 5.39. The number of rotatable bonds is 3. The van der Waals surface area contributed by atoms with Gasteiger partial charge < -0.3 is 10.6 Å². The number of pyridine rings is 1. The maximum Gasteiger partial charge on any atom is 0.160 e. The van der Waals surface area contributed by atoms with Gasteiger partial charge in [-0.1, -0.05) is 6.07 Å². The molecule has 0 amide bonds. The zero-order chi connectivity index (χ0) is 13.2. The highest BCUT2D eigenvalue weighted by Crippen LogP contribution is 2.19. The van der Waals surface area contributed by atoms with Crippen molar-refractivity contribution in [2.24, 2.45) is 11.7 Å². The molecule has 1 atom stereocenters. The van der Waals surface area contributed by atoms with E-state index in [2.05, 4.69) is 32.7 Å². The molecule has 102 valence electrons. The molecular formula is C14H21N5. The van der Waals surface area contributed by atoms with Crippen LogP contribution in [0.5, 0.6) is 0 Å². The Morgan fingerprint density at radius 1 is 1.37 bits per heavy atom. The Bertz CT molecular complexity index is 562. The van der Waals surface area contributed by atoms with Gasteiger partial charge in [-0.25, -0.2) is 0 Å². The molecule has 0 spiro atoms. The first-order chi connectivity index (χ1) is 9.26. The van der Waals surface area contributed by atoms with E-state index in [0.717, 1.165) is 30.0 Å². The van der Waals surface area contributed by atoms with Crippen LogP contribution < -0.4 is 5.73 Å². The van der Waals surface area contributed by atoms with Crippen LogP contribution in [-0.4, -0.2) is 39.6 Å². The van der Waals surface area contributed by atoms with Crippen LogP contribution in [-0.2, 0) is 13.0 Å². The number of piperidine rings is 1. The molecule has 0 saturated carbocycles. The Balaban J connectivity index is 1.83. The van der Waals surface area contributed by atoms with E-state index in [1.807, 2.05) is 12.1 Å². The van der Waals surface area contributed by atoms with Crippen molar-refractivity contribution < 1.29 is 0 Å². The summed E-state index contributed by atoms with van der Waals surface area (Å²) in [5.41, 5.74) is 7.73. The van der Waals surface area contributed by atoms with Gasteiger partial charge >= 0.3 is 0 Å². The number of nitrogens with two attached hydrogens (primary N) is 1. The number of nitrogens with zero attached hydrogens (tertiary/aromatic N) is 4. The number of hydrogen-bond acceptors (Lipinski definition) is 4. The number of hydrogen-bond donors (Lipinski definition) is 1. The minimum absolute atomic E-state index is 0.555. The smallest absolute Gasteiger partial charge is 0.160 e. The second-order valence-electron chi connectivity index (χ2n) is 5.56. The van der Waals surface area contributed by atoms with Gasteiger partial charge in [-0.15, -0.1) is 10.2 Å². The zero-order valence-corrected chi connectivity index (χ0v) is 11.4. The minimum atomic E-state index is 0.555. The molecule has 1 unspecified atom stereocenters. The molecule has 2 aromatic rings. The minimum Gasteiger partial charge on any atom is -0.326 e. The van der Waals surface area contributed by atoms with E-state index in [9.17, 15) is 0 Å². The third-order valence-corrected chi connectivity index (χ3v) is 3.96. The fraction of sp³-hybridized carbons (Fsp3) is 0.571. The molecule has 1 aliphatic rings. The van der Waals surface area contributed by atoms with Crippen molar-refractivity contribution in [2.45, 2.75) is 25.8 Å². The quantitative estimate of drug-likeness (QED) is 0.896. The van der Waals surface area contributed by atoms with Crippen molar-refractivity contribution in [3.8, 4) is 0 Å². The summed E-state index contributed by atoms with van der Waals surface area (Å²) in [6.45, 7) is 2.93. The Hall–Kier alpha value is -1.46. The molecule has 1 aliphatic heterocycles. The van der Waals surface area contributed by atoms with E-state index in [4.69, 9.17) is 5.73 Å². The Morgan fingerprint density at radius 3 is 3.05 bits per heavy atom. The highest BCUT2D eigenvalue weighted by Gasteiger charge is 2.19. The Labute approximate surface area is 113 Å². The topological polar surface area (TPSA) is 59.5 Å². The SMILES string of the molecule is CN1CCCC(Cc2nnc3ccc(CN)cn23)C1. The lowest BCUT2D eigenvalue weighted by Gasteiger charge is -2.29.